The van der Waals surface area contributed by atoms with E-state index >= 15 is 0 Å². The third kappa shape index (κ3) is 3.27. The Balaban J connectivity index is 2.77. The zero-order valence-electron chi connectivity index (χ0n) is 12.5. The number of hydrogen-bond donors (Lipinski definition) is 1. The van der Waals surface area contributed by atoms with Crippen molar-refractivity contribution in [2.75, 3.05) is 19.7 Å². The monoisotopic (exact) mass is 285 g/mol. The van der Waals surface area contributed by atoms with Gasteiger partial charge in [-0.1, -0.05) is 0 Å². The third-order valence-electron chi connectivity index (χ3n) is 3.46. The Bertz CT molecular complexity index is 397. The van der Waals surface area contributed by atoms with E-state index in [0.717, 1.165) is 0 Å². The summed E-state index contributed by atoms with van der Waals surface area (Å²) in [4.78, 5) is 38.8. The molecule has 0 aromatic heterocycles. The average molecular weight is 285 g/mol. The van der Waals surface area contributed by atoms with Crippen molar-refractivity contribution in [1.82, 2.24) is 9.80 Å². The molecule has 0 aliphatic carbocycles. The average Bonchev–Trinajstić information content (AvgIpc) is 2.40. The van der Waals surface area contributed by atoms with Crippen LogP contribution in [-0.2, 0) is 19.1 Å². The number of piperazine rings is 1. The minimum Gasteiger partial charge on any atom is -0.464 e. The lowest BCUT2D eigenvalue weighted by molar-refractivity contribution is -0.161. The Morgan fingerprint density at radius 3 is 2.50 bits per heavy atom. The van der Waals surface area contributed by atoms with Crippen LogP contribution in [0.25, 0.3) is 0 Å². The molecule has 0 aromatic carbocycles. The number of carbonyl (C=O) groups is 3. The van der Waals surface area contributed by atoms with Gasteiger partial charge in [0, 0.05) is 13.1 Å². The highest BCUT2D eigenvalue weighted by atomic mass is 16.5. The molecule has 0 saturated carbocycles. The Labute approximate surface area is 119 Å². The summed E-state index contributed by atoms with van der Waals surface area (Å²) in [5.74, 6) is -0.944. The number of ether oxygens (including phenoxy) is 1. The molecule has 7 nitrogen and oxygen atoms in total. The molecule has 1 aliphatic heterocycles. The molecule has 1 fully saturated rings. The number of carbonyl (C=O) groups excluding carboxylic acids is 3. The van der Waals surface area contributed by atoms with Gasteiger partial charge >= 0.3 is 5.97 Å². The first-order valence-electron chi connectivity index (χ1n) is 6.84. The molecular weight excluding hydrogens is 262 g/mol. The van der Waals surface area contributed by atoms with Crippen LogP contribution in [0.4, 0.5) is 0 Å². The predicted molar refractivity (Wildman–Crippen MR) is 72.6 cm³/mol. The molecule has 114 valence electrons. The van der Waals surface area contributed by atoms with E-state index in [4.69, 9.17) is 10.5 Å². The van der Waals surface area contributed by atoms with Crippen molar-refractivity contribution in [3.63, 3.8) is 0 Å². The lowest BCUT2D eigenvalue weighted by atomic mass is 10.1. The summed E-state index contributed by atoms with van der Waals surface area (Å²) in [6.07, 6.45) is 0. The van der Waals surface area contributed by atoms with Gasteiger partial charge in [0.1, 0.15) is 12.1 Å². The molecule has 0 unspecified atom stereocenters. The molecule has 2 amide bonds. The Morgan fingerprint density at radius 2 is 2.00 bits per heavy atom. The molecule has 7 heteroatoms. The summed E-state index contributed by atoms with van der Waals surface area (Å²) in [5, 5.41) is 0. The van der Waals surface area contributed by atoms with E-state index in [0.29, 0.717) is 13.1 Å². The van der Waals surface area contributed by atoms with Crippen LogP contribution >= 0.6 is 0 Å². The maximum atomic E-state index is 12.3. The van der Waals surface area contributed by atoms with Crippen LogP contribution in [0.3, 0.4) is 0 Å². The lowest BCUT2D eigenvalue weighted by Crippen LogP contribution is -2.62. The smallest absolute Gasteiger partial charge is 0.328 e. The summed E-state index contributed by atoms with van der Waals surface area (Å²) < 4.78 is 4.92. The molecule has 1 rings (SSSR count). The van der Waals surface area contributed by atoms with Crippen LogP contribution in [0, 0.1) is 0 Å². The zero-order chi connectivity index (χ0) is 15.4. The molecule has 2 N–H and O–H groups in total. The first-order chi connectivity index (χ1) is 9.31. The van der Waals surface area contributed by atoms with Crippen molar-refractivity contribution in [2.24, 2.45) is 5.73 Å². The normalized spacial score (nSPS) is 22.4. The summed E-state index contributed by atoms with van der Waals surface area (Å²) in [5.41, 5.74) is 5.57. The van der Waals surface area contributed by atoms with Crippen molar-refractivity contribution in [1.29, 1.82) is 0 Å². The summed E-state index contributed by atoms with van der Waals surface area (Å²) in [6, 6.07) is -1.89. The molecule has 0 aromatic rings. The Kier molecular flexibility index (Phi) is 5.50. The number of hydrogen-bond acceptors (Lipinski definition) is 5. The van der Waals surface area contributed by atoms with Gasteiger partial charge in [0.15, 0.2) is 0 Å². The second kappa shape index (κ2) is 6.69. The van der Waals surface area contributed by atoms with E-state index in [1.807, 2.05) is 0 Å². The van der Waals surface area contributed by atoms with Crippen LogP contribution in [0.2, 0.25) is 0 Å². The molecule has 1 saturated heterocycles. The van der Waals surface area contributed by atoms with E-state index in [2.05, 4.69) is 0 Å². The van der Waals surface area contributed by atoms with Crippen molar-refractivity contribution >= 4 is 17.8 Å². The molecule has 0 bridgehead atoms. The van der Waals surface area contributed by atoms with Gasteiger partial charge in [-0.3, -0.25) is 9.59 Å². The molecule has 3 atom stereocenters. The molecule has 1 heterocycles. The molecule has 1 aliphatic rings. The fraction of sp³-hybridized carbons (Fsp3) is 0.769. The Morgan fingerprint density at radius 1 is 1.40 bits per heavy atom. The SMILES string of the molecule is CCOC(=O)[C@H](C)N1CCN(C(=O)[C@H](C)N)[C@@H](C)C1=O. The van der Waals surface area contributed by atoms with Gasteiger partial charge in [0.25, 0.3) is 0 Å². The van der Waals surface area contributed by atoms with Crippen LogP contribution in [0.5, 0.6) is 0 Å². The van der Waals surface area contributed by atoms with Crippen LogP contribution in [0.1, 0.15) is 27.7 Å². The molecule has 0 spiro atoms. The van der Waals surface area contributed by atoms with E-state index in [1.165, 1.54) is 9.80 Å². The second-order valence-corrected chi connectivity index (χ2v) is 4.96. The van der Waals surface area contributed by atoms with Gasteiger partial charge in [0.05, 0.1) is 12.6 Å². The van der Waals surface area contributed by atoms with Gasteiger partial charge < -0.3 is 20.3 Å². The molecular formula is C13H23N3O4. The second-order valence-electron chi connectivity index (χ2n) is 4.96. The maximum absolute atomic E-state index is 12.3. The number of rotatable bonds is 4. The van der Waals surface area contributed by atoms with Gasteiger partial charge in [-0.05, 0) is 27.7 Å². The quantitative estimate of drug-likeness (QED) is 0.692. The summed E-state index contributed by atoms with van der Waals surface area (Å²) in [6.45, 7) is 7.54. The number of amides is 2. The highest BCUT2D eigenvalue weighted by Crippen LogP contribution is 2.15. The minimum atomic E-state index is -0.641. The number of esters is 1. The number of nitrogens with two attached hydrogens (primary N) is 1. The van der Waals surface area contributed by atoms with Crippen molar-refractivity contribution in [2.45, 2.75) is 45.8 Å². The topological polar surface area (TPSA) is 92.9 Å². The van der Waals surface area contributed by atoms with Gasteiger partial charge in [-0.2, -0.15) is 0 Å². The highest BCUT2D eigenvalue weighted by molar-refractivity contribution is 5.92. The van der Waals surface area contributed by atoms with Crippen molar-refractivity contribution < 1.29 is 19.1 Å². The fourth-order valence-corrected chi connectivity index (χ4v) is 2.23. The Hall–Kier alpha value is -1.63. The van der Waals surface area contributed by atoms with E-state index in [1.54, 1.807) is 27.7 Å². The predicted octanol–water partition coefficient (Wildman–Crippen LogP) is -0.655. The first-order valence-corrected chi connectivity index (χ1v) is 6.84. The van der Waals surface area contributed by atoms with E-state index < -0.39 is 24.1 Å². The lowest BCUT2D eigenvalue weighted by Gasteiger charge is -2.41. The largest absolute Gasteiger partial charge is 0.464 e. The molecule has 20 heavy (non-hydrogen) atoms. The highest BCUT2D eigenvalue weighted by Gasteiger charge is 2.39. The third-order valence-corrected chi connectivity index (χ3v) is 3.46. The molecule has 0 radical (unpaired) electrons. The summed E-state index contributed by atoms with van der Waals surface area (Å²) in [7, 11) is 0. The van der Waals surface area contributed by atoms with Gasteiger partial charge in [0.2, 0.25) is 11.8 Å². The summed E-state index contributed by atoms with van der Waals surface area (Å²) >= 11 is 0. The first kappa shape index (κ1) is 16.4. The van der Waals surface area contributed by atoms with Gasteiger partial charge in [-0.25, -0.2) is 4.79 Å². The van der Waals surface area contributed by atoms with Crippen LogP contribution in [-0.4, -0.2) is 65.4 Å². The van der Waals surface area contributed by atoms with Crippen molar-refractivity contribution in [3.05, 3.63) is 0 Å². The van der Waals surface area contributed by atoms with Crippen LogP contribution < -0.4 is 5.73 Å². The minimum absolute atomic E-state index is 0.255. The maximum Gasteiger partial charge on any atom is 0.328 e. The van der Waals surface area contributed by atoms with Crippen LogP contribution in [0.15, 0.2) is 0 Å². The van der Waals surface area contributed by atoms with E-state index in [9.17, 15) is 14.4 Å². The fourth-order valence-electron chi connectivity index (χ4n) is 2.23. The number of nitrogens with zero attached hydrogens (tertiary/aromatic N) is 2. The van der Waals surface area contributed by atoms with Crippen molar-refractivity contribution in [3.8, 4) is 0 Å². The van der Waals surface area contributed by atoms with Gasteiger partial charge in [-0.15, -0.1) is 0 Å². The van der Waals surface area contributed by atoms with E-state index in [-0.39, 0.29) is 18.4 Å². The standard InChI is InChI=1S/C13H23N3O4/c1-5-20-13(19)10(4)16-7-6-15(9(3)12(16)18)11(17)8(2)14/h8-10H,5-7,14H2,1-4H3/t8-,9-,10-/m0/s1. The zero-order valence-corrected chi connectivity index (χ0v) is 12.5.